The van der Waals surface area contributed by atoms with Crippen LogP contribution in [-0.4, -0.2) is 71.1 Å². The fraction of sp³-hybridized carbons (Fsp3) is 0. The van der Waals surface area contributed by atoms with Crippen LogP contribution in [0.5, 0.6) is 0 Å². The average Bonchev–Trinajstić information content (AvgIpc) is 0.811. The van der Waals surface area contributed by atoms with Crippen molar-refractivity contribution in [3.05, 3.63) is 0 Å². The van der Waals surface area contributed by atoms with Crippen LogP contribution >= 0.6 is 0 Å². The van der Waals surface area contributed by atoms with Crippen molar-refractivity contribution in [1.82, 2.24) is 0 Å². The summed E-state index contributed by atoms with van der Waals surface area (Å²) in [5.74, 6) is 0. The van der Waals surface area contributed by atoms with Gasteiger partial charge in [-0.2, -0.15) is 0 Å². The quantitative estimate of drug-likeness (QED) is 0.308. The van der Waals surface area contributed by atoms with E-state index < -0.39 is 7.32 Å². The third kappa shape index (κ3) is 91.4. The van der Waals surface area contributed by atoms with Gasteiger partial charge in [0.15, 0.2) is 0 Å². The first-order valence-corrected chi connectivity index (χ1v) is 0.775. The Bertz CT molecular complexity index is 26.4. The monoisotopic (exact) mass is 164 g/mol. The van der Waals surface area contributed by atoms with E-state index in [1.165, 1.54) is 0 Å². The molecule has 0 aromatic rings. The Labute approximate surface area is 104 Å². The zero-order valence-corrected chi connectivity index (χ0v) is 8.83. The van der Waals surface area contributed by atoms with Gasteiger partial charge >= 0.3 is 74.6 Å². The van der Waals surface area contributed by atoms with Gasteiger partial charge in [-0.3, -0.25) is 0 Å². The smallest absolute Gasteiger partial charge is 1.00 e. The Hall–Kier alpha value is 2.12. The maximum Gasteiger partial charge on any atom is 2.00 e. The molecule has 0 aliphatic rings. The van der Waals surface area contributed by atoms with Crippen molar-refractivity contribution in [2.45, 2.75) is 0 Å². The average molecular weight is 164 g/mol. The predicted octanol–water partition coefficient (Wildman–Crippen LogP) is -6.74. The van der Waals surface area contributed by atoms with Crippen LogP contribution in [0.3, 0.4) is 0 Å². The second-order valence-corrected chi connectivity index (χ2v) is 0.346. The number of rotatable bonds is 0. The summed E-state index contributed by atoms with van der Waals surface area (Å²) in [6.45, 7) is 0. The van der Waals surface area contributed by atoms with Crippen LogP contribution in [0.25, 0.3) is 0 Å². The molecule has 0 aliphatic carbocycles. The van der Waals surface area contributed by atoms with Crippen molar-refractivity contribution < 1.29 is 59.9 Å². The SMILES string of the molecule is O.O.OB(O)O.[Ca+2].[H-].[H-].[H-].[Na+]. The third-order valence-corrected chi connectivity index (χ3v) is 0. The van der Waals surface area contributed by atoms with Gasteiger partial charge in [-0.15, -0.1) is 0 Å². The molecule has 0 saturated carbocycles. The second kappa shape index (κ2) is 22.9. The molecule has 0 bridgehead atoms. The van der Waals surface area contributed by atoms with Crippen LogP contribution in [0, 0.1) is 0 Å². The summed E-state index contributed by atoms with van der Waals surface area (Å²) in [4.78, 5) is 0. The Morgan fingerprint density at radius 1 is 1.00 bits per heavy atom. The van der Waals surface area contributed by atoms with Crippen molar-refractivity contribution in [3.63, 3.8) is 0 Å². The summed E-state index contributed by atoms with van der Waals surface area (Å²) < 4.78 is 0. The van der Waals surface area contributed by atoms with Crippen molar-refractivity contribution in [2.75, 3.05) is 0 Å². The van der Waals surface area contributed by atoms with E-state index >= 15 is 0 Å². The van der Waals surface area contributed by atoms with Crippen LogP contribution in [0.4, 0.5) is 0 Å². The van der Waals surface area contributed by atoms with E-state index in [2.05, 4.69) is 0 Å². The fourth-order valence-corrected chi connectivity index (χ4v) is 0. The maximum absolute atomic E-state index is 7.17. The van der Waals surface area contributed by atoms with E-state index in [-0.39, 0.29) is 82.5 Å². The molecule has 0 rings (SSSR count). The van der Waals surface area contributed by atoms with Crippen molar-refractivity contribution in [3.8, 4) is 0 Å². The predicted molar refractivity (Wildman–Crippen MR) is 28.7 cm³/mol. The zero-order chi connectivity index (χ0) is 3.58. The van der Waals surface area contributed by atoms with Gasteiger partial charge in [0.2, 0.25) is 0 Å². The van der Waals surface area contributed by atoms with Crippen molar-refractivity contribution >= 4 is 45.1 Å². The minimum atomic E-state index is -2.17. The molecule has 0 saturated heterocycles. The molecular weight excluding hydrogens is 154 g/mol. The largest absolute Gasteiger partial charge is 2.00 e. The minimum Gasteiger partial charge on any atom is -1.00 e. The molecule has 8 heteroatoms. The van der Waals surface area contributed by atoms with E-state index in [9.17, 15) is 0 Å². The molecule has 0 aromatic carbocycles. The van der Waals surface area contributed by atoms with Gasteiger partial charge in [0.25, 0.3) is 0 Å². The van der Waals surface area contributed by atoms with Crippen LogP contribution in [0.15, 0.2) is 0 Å². The van der Waals surface area contributed by atoms with Crippen LogP contribution in [0.1, 0.15) is 4.28 Å². The second-order valence-electron chi connectivity index (χ2n) is 0.346. The van der Waals surface area contributed by atoms with Crippen molar-refractivity contribution in [1.29, 1.82) is 0 Å². The Morgan fingerprint density at radius 2 is 1.00 bits per heavy atom. The van der Waals surface area contributed by atoms with Gasteiger partial charge in [0.05, 0.1) is 0 Å². The Balaban J connectivity index is -0.00000000214. The van der Waals surface area contributed by atoms with Gasteiger partial charge in [-0.05, 0) is 0 Å². The van der Waals surface area contributed by atoms with Gasteiger partial charge in [-0.25, -0.2) is 0 Å². The van der Waals surface area contributed by atoms with E-state index in [1.54, 1.807) is 0 Å². The van der Waals surface area contributed by atoms with Gasteiger partial charge in [0.1, 0.15) is 0 Å². The summed E-state index contributed by atoms with van der Waals surface area (Å²) >= 11 is 0. The molecule has 5 nitrogen and oxygen atoms in total. The first kappa shape index (κ1) is 32.1. The van der Waals surface area contributed by atoms with E-state index in [4.69, 9.17) is 15.1 Å². The first-order valence-electron chi connectivity index (χ1n) is 0.775. The number of hydrogen-bond donors (Lipinski definition) is 3. The Morgan fingerprint density at radius 3 is 1.00 bits per heavy atom. The molecule has 46 valence electrons. The molecule has 0 aliphatic heterocycles. The summed E-state index contributed by atoms with van der Waals surface area (Å²) in [7, 11) is -2.17. The summed E-state index contributed by atoms with van der Waals surface area (Å²) in [6, 6.07) is 0. The summed E-state index contributed by atoms with van der Waals surface area (Å²) in [6.07, 6.45) is 0. The zero-order valence-electron chi connectivity index (χ0n) is 7.63. The molecule has 8 heavy (non-hydrogen) atoms. The third-order valence-electron chi connectivity index (χ3n) is 0. The molecular formula is H10BCaNaO5. The van der Waals surface area contributed by atoms with E-state index in [0.29, 0.717) is 0 Å². The standard InChI is InChI=1S/BH3O3.Ca.Na.2H2O.3H/c2-1(3)4;;;;;;;/h2-4H;;;2*1H2;;;/q;+2;+1;;;3*-1. The summed E-state index contributed by atoms with van der Waals surface area (Å²) in [5.41, 5.74) is 0. The molecule has 0 heterocycles. The molecule has 0 fully saturated rings. The van der Waals surface area contributed by atoms with Crippen LogP contribution < -0.4 is 29.6 Å². The summed E-state index contributed by atoms with van der Waals surface area (Å²) in [5, 5.41) is 21.5. The molecule has 7 N–H and O–H groups in total. The van der Waals surface area contributed by atoms with E-state index in [1.807, 2.05) is 0 Å². The molecule has 0 aromatic heterocycles. The van der Waals surface area contributed by atoms with Gasteiger partial charge in [-0.1, -0.05) is 0 Å². The van der Waals surface area contributed by atoms with Gasteiger partial charge in [0, 0.05) is 0 Å². The normalized spacial score (nSPS) is 3.38. The fourth-order valence-electron chi connectivity index (χ4n) is 0. The molecule has 0 radical (unpaired) electrons. The van der Waals surface area contributed by atoms with E-state index in [0.717, 1.165) is 0 Å². The first-order chi connectivity index (χ1) is 1.73. The van der Waals surface area contributed by atoms with Gasteiger partial charge < -0.3 is 30.3 Å². The van der Waals surface area contributed by atoms with Crippen molar-refractivity contribution in [2.24, 2.45) is 0 Å². The topological polar surface area (TPSA) is 124 Å². The van der Waals surface area contributed by atoms with Crippen LogP contribution in [-0.2, 0) is 0 Å². The maximum atomic E-state index is 7.17. The molecule has 0 amide bonds. The Kier molecular flexibility index (Phi) is 92.0. The molecule has 0 spiro atoms. The number of hydrogen-bond acceptors (Lipinski definition) is 3. The molecule has 0 unspecified atom stereocenters. The van der Waals surface area contributed by atoms with Crippen LogP contribution in [0.2, 0.25) is 0 Å². The minimum absolute atomic E-state index is 0. The molecule has 0 atom stereocenters.